The molecule has 1 fully saturated rings. The second-order valence-electron chi connectivity index (χ2n) is 4.28. The predicted molar refractivity (Wildman–Crippen MR) is 60.6 cm³/mol. The van der Waals surface area contributed by atoms with Crippen molar-refractivity contribution in [2.75, 3.05) is 26.8 Å². The second-order valence-corrected chi connectivity index (χ2v) is 4.28. The van der Waals surface area contributed by atoms with Gasteiger partial charge in [-0.05, 0) is 19.8 Å². The van der Waals surface area contributed by atoms with Gasteiger partial charge >= 0.3 is 0 Å². The third-order valence-electron chi connectivity index (χ3n) is 3.31. The van der Waals surface area contributed by atoms with Gasteiger partial charge in [-0.15, -0.1) is 0 Å². The van der Waals surface area contributed by atoms with Crippen LogP contribution in [0.3, 0.4) is 0 Å². The van der Waals surface area contributed by atoms with E-state index in [0.29, 0.717) is 32.5 Å². The van der Waals surface area contributed by atoms with Gasteiger partial charge in [0.15, 0.2) is 0 Å². The summed E-state index contributed by atoms with van der Waals surface area (Å²) in [5.41, 5.74) is -0.746. The number of nitriles is 1. The van der Waals surface area contributed by atoms with E-state index in [4.69, 9.17) is 4.74 Å². The molecule has 0 atom stereocenters. The van der Waals surface area contributed by atoms with E-state index in [1.807, 2.05) is 6.92 Å². The molecule has 16 heavy (non-hydrogen) atoms. The molecule has 1 rings (SSSR count). The molecule has 0 aliphatic heterocycles. The predicted octanol–water partition coefficient (Wildman–Crippen LogP) is 1.57. The van der Waals surface area contributed by atoms with Gasteiger partial charge < -0.3 is 9.64 Å². The van der Waals surface area contributed by atoms with E-state index in [2.05, 4.69) is 6.07 Å². The van der Waals surface area contributed by atoms with Crippen LogP contribution in [0.2, 0.25) is 0 Å². The molecule has 0 aromatic carbocycles. The maximum absolute atomic E-state index is 12.3. The summed E-state index contributed by atoms with van der Waals surface area (Å²) in [6.45, 7) is 3.69. The molecule has 0 spiro atoms. The fourth-order valence-electron chi connectivity index (χ4n) is 2.26. The Morgan fingerprint density at radius 3 is 2.56 bits per heavy atom. The number of ether oxygens (including phenoxy) is 1. The summed E-state index contributed by atoms with van der Waals surface area (Å²) in [4.78, 5) is 14.0. The summed E-state index contributed by atoms with van der Waals surface area (Å²) in [5.74, 6) is -0.00736. The highest BCUT2D eigenvalue weighted by molar-refractivity contribution is 5.85. The molecule has 0 bridgehead atoms. The molecule has 1 aliphatic carbocycles. The van der Waals surface area contributed by atoms with E-state index < -0.39 is 5.41 Å². The van der Waals surface area contributed by atoms with Gasteiger partial charge in [-0.1, -0.05) is 12.8 Å². The van der Waals surface area contributed by atoms with Crippen LogP contribution in [0.25, 0.3) is 0 Å². The zero-order valence-corrected chi connectivity index (χ0v) is 10.2. The molecule has 90 valence electrons. The van der Waals surface area contributed by atoms with Crippen molar-refractivity contribution in [3.8, 4) is 6.07 Å². The van der Waals surface area contributed by atoms with E-state index in [0.717, 1.165) is 12.8 Å². The van der Waals surface area contributed by atoms with Gasteiger partial charge in [0, 0.05) is 20.2 Å². The summed E-state index contributed by atoms with van der Waals surface area (Å²) in [5, 5.41) is 9.23. The largest absolute Gasteiger partial charge is 0.383 e. The number of hydrogen-bond donors (Lipinski definition) is 0. The molecule has 0 radical (unpaired) electrons. The standard InChI is InChI=1S/C12H20N2O2/c1-3-14(8-9-16-2)11(15)12(10-13)6-4-5-7-12/h3-9H2,1-2H3. The molecule has 1 aliphatic rings. The average molecular weight is 224 g/mol. The first-order valence-electron chi connectivity index (χ1n) is 5.89. The number of methoxy groups -OCH3 is 1. The normalized spacial score (nSPS) is 18.1. The van der Waals surface area contributed by atoms with E-state index in [-0.39, 0.29) is 5.91 Å². The van der Waals surface area contributed by atoms with Gasteiger partial charge in [-0.2, -0.15) is 5.26 Å². The van der Waals surface area contributed by atoms with Crippen LogP contribution in [-0.4, -0.2) is 37.6 Å². The second kappa shape index (κ2) is 5.86. The van der Waals surface area contributed by atoms with Crippen molar-refractivity contribution in [2.24, 2.45) is 5.41 Å². The minimum atomic E-state index is -0.746. The lowest BCUT2D eigenvalue weighted by Crippen LogP contribution is -2.43. The van der Waals surface area contributed by atoms with Crippen molar-refractivity contribution < 1.29 is 9.53 Å². The highest BCUT2D eigenvalue weighted by Gasteiger charge is 2.43. The third kappa shape index (κ3) is 2.53. The number of carbonyl (C=O) groups is 1. The van der Waals surface area contributed by atoms with Gasteiger partial charge in [-0.3, -0.25) is 4.79 Å². The summed E-state index contributed by atoms with van der Waals surface area (Å²) in [6.07, 6.45) is 3.40. The van der Waals surface area contributed by atoms with Crippen LogP contribution in [0, 0.1) is 16.7 Å². The monoisotopic (exact) mass is 224 g/mol. The van der Waals surface area contributed by atoms with Crippen molar-refractivity contribution in [3.05, 3.63) is 0 Å². The summed E-state index contributed by atoms with van der Waals surface area (Å²) in [7, 11) is 1.62. The average Bonchev–Trinajstić information content (AvgIpc) is 2.79. The van der Waals surface area contributed by atoms with Gasteiger partial charge in [-0.25, -0.2) is 0 Å². The van der Waals surface area contributed by atoms with Gasteiger partial charge in [0.2, 0.25) is 5.91 Å². The quantitative estimate of drug-likeness (QED) is 0.712. The summed E-state index contributed by atoms with van der Waals surface area (Å²) in [6, 6.07) is 2.24. The van der Waals surface area contributed by atoms with Crippen molar-refractivity contribution in [1.29, 1.82) is 5.26 Å². The van der Waals surface area contributed by atoms with E-state index in [9.17, 15) is 10.1 Å². The molecule has 4 heteroatoms. The molecule has 0 N–H and O–H groups in total. The van der Waals surface area contributed by atoms with Crippen molar-refractivity contribution >= 4 is 5.91 Å². The van der Waals surface area contributed by atoms with Crippen LogP contribution in [0.1, 0.15) is 32.6 Å². The molecule has 0 saturated heterocycles. The van der Waals surface area contributed by atoms with E-state index in [1.54, 1.807) is 12.0 Å². The molecule has 1 amide bonds. The van der Waals surface area contributed by atoms with Crippen LogP contribution >= 0.6 is 0 Å². The number of rotatable bonds is 5. The number of nitrogens with zero attached hydrogens (tertiary/aromatic N) is 2. The molecule has 1 saturated carbocycles. The van der Waals surface area contributed by atoms with Gasteiger partial charge in [0.05, 0.1) is 12.7 Å². The van der Waals surface area contributed by atoms with Crippen molar-refractivity contribution in [1.82, 2.24) is 4.90 Å². The first kappa shape index (κ1) is 13.0. The lowest BCUT2D eigenvalue weighted by Gasteiger charge is -2.28. The first-order chi connectivity index (χ1) is 7.70. The maximum Gasteiger partial charge on any atom is 0.243 e. The Labute approximate surface area is 97.2 Å². The van der Waals surface area contributed by atoms with Crippen LogP contribution in [0.15, 0.2) is 0 Å². The van der Waals surface area contributed by atoms with Crippen LogP contribution in [0.5, 0.6) is 0 Å². The third-order valence-corrected chi connectivity index (χ3v) is 3.31. The molecular weight excluding hydrogens is 204 g/mol. The van der Waals surface area contributed by atoms with E-state index >= 15 is 0 Å². The molecule has 0 unspecified atom stereocenters. The Morgan fingerprint density at radius 1 is 1.50 bits per heavy atom. The Bertz CT molecular complexity index is 277. The lowest BCUT2D eigenvalue weighted by molar-refractivity contribution is -0.139. The highest BCUT2D eigenvalue weighted by atomic mass is 16.5. The van der Waals surface area contributed by atoms with Crippen LogP contribution in [0.4, 0.5) is 0 Å². The smallest absolute Gasteiger partial charge is 0.243 e. The number of carbonyl (C=O) groups excluding carboxylic acids is 1. The van der Waals surface area contributed by atoms with Crippen molar-refractivity contribution in [3.63, 3.8) is 0 Å². The summed E-state index contributed by atoms with van der Waals surface area (Å²) < 4.78 is 4.98. The van der Waals surface area contributed by atoms with Gasteiger partial charge in [0.25, 0.3) is 0 Å². The summed E-state index contributed by atoms with van der Waals surface area (Å²) >= 11 is 0. The highest BCUT2D eigenvalue weighted by Crippen LogP contribution is 2.39. The maximum atomic E-state index is 12.3. The number of likely N-dealkylation sites (N-methyl/N-ethyl adjacent to an activating group) is 1. The Balaban J connectivity index is 2.69. The Morgan fingerprint density at radius 2 is 2.12 bits per heavy atom. The number of amides is 1. The van der Waals surface area contributed by atoms with Crippen LogP contribution in [-0.2, 0) is 9.53 Å². The lowest BCUT2D eigenvalue weighted by atomic mass is 9.86. The molecule has 0 aromatic rings. The van der Waals surface area contributed by atoms with Crippen LogP contribution < -0.4 is 0 Å². The Hall–Kier alpha value is -1.08. The fourth-order valence-corrected chi connectivity index (χ4v) is 2.26. The molecule has 4 nitrogen and oxygen atoms in total. The molecule has 0 heterocycles. The fraction of sp³-hybridized carbons (Fsp3) is 0.833. The zero-order chi connectivity index (χ0) is 12.0. The van der Waals surface area contributed by atoms with Gasteiger partial charge in [0.1, 0.15) is 5.41 Å². The minimum absolute atomic E-state index is 0.00736. The SMILES string of the molecule is CCN(CCOC)C(=O)C1(C#N)CCCC1. The minimum Gasteiger partial charge on any atom is -0.383 e. The first-order valence-corrected chi connectivity index (χ1v) is 5.89. The topological polar surface area (TPSA) is 53.3 Å². The number of hydrogen-bond acceptors (Lipinski definition) is 3. The van der Waals surface area contributed by atoms with Crippen molar-refractivity contribution in [2.45, 2.75) is 32.6 Å². The van der Waals surface area contributed by atoms with E-state index in [1.165, 1.54) is 0 Å². The zero-order valence-electron chi connectivity index (χ0n) is 10.2. The Kier molecular flexibility index (Phi) is 4.75. The molecular formula is C12H20N2O2. The molecule has 0 aromatic heterocycles.